The summed E-state index contributed by atoms with van der Waals surface area (Å²) in [6.45, 7) is 0.446. The zero-order valence-corrected chi connectivity index (χ0v) is 7.13. The maximum Gasteiger partial charge on any atom is 0.0462 e. The first kappa shape index (κ1) is 7.60. The van der Waals surface area contributed by atoms with Crippen LogP contribution >= 0.6 is 0 Å². The Morgan fingerprint density at radius 1 is 1.09 bits per heavy atom. The molecule has 2 saturated carbocycles. The van der Waals surface area contributed by atoms with Gasteiger partial charge in [-0.1, -0.05) is 25.7 Å². The zero-order valence-electron chi connectivity index (χ0n) is 7.13. The van der Waals surface area contributed by atoms with Crippen LogP contribution in [0, 0.1) is 17.8 Å². The lowest BCUT2D eigenvalue weighted by atomic mass is 9.63. The van der Waals surface area contributed by atoms with Crippen molar-refractivity contribution in [2.24, 2.45) is 17.8 Å². The molecule has 0 bridgehead atoms. The highest BCUT2D eigenvalue weighted by Gasteiger charge is 2.39. The molecule has 0 aromatic carbocycles. The van der Waals surface area contributed by atoms with E-state index in [1.165, 1.54) is 38.5 Å². The smallest absolute Gasteiger partial charge is 0.0462 e. The van der Waals surface area contributed by atoms with Gasteiger partial charge in [-0.05, 0) is 30.6 Å². The van der Waals surface area contributed by atoms with Crippen molar-refractivity contribution in [1.82, 2.24) is 0 Å². The monoisotopic (exact) mass is 154 g/mol. The third kappa shape index (κ3) is 1.31. The van der Waals surface area contributed by atoms with Gasteiger partial charge in [0.15, 0.2) is 0 Å². The van der Waals surface area contributed by atoms with E-state index >= 15 is 0 Å². The average Bonchev–Trinajstić information content (AvgIpc) is 2.15. The second kappa shape index (κ2) is 3.14. The number of aliphatic hydroxyl groups excluding tert-OH is 1. The van der Waals surface area contributed by atoms with Crippen molar-refractivity contribution in [2.45, 2.75) is 38.5 Å². The van der Waals surface area contributed by atoms with Gasteiger partial charge in [-0.3, -0.25) is 0 Å². The van der Waals surface area contributed by atoms with Gasteiger partial charge in [0.05, 0.1) is 0 Å². The molecule has 0 aliphatic heterocycles. The van der Waals surface area contributed by atoms with Crippen molar-refractivity contribution in [2.75, 3.05) is 6.61 Å². The van der Waals surface area contributed by atoms with E-state index in [1.54, 1.807) is 0 Å². The number of hydrogen-bond donors (Lipinski definition) is 1. The molecule has 2 fully saturated rings. The molecule has 11 heavy (non-hydrogen) atoms. The van der Waals surface area contributed by atoms with Crippen molar-refractivity contribution >= 4 is 0 Å². The zero-order chi connectivity index (χ0) is 7.68. The largest absolute Gasteiger partial charge is 0.396 e. The van der Waals surface area contributed by atoms with Gasteiger partial charge in [0.2, 0.25) is 0 Å². The number of rotatable bonds is 1. The topological polar surface area (TPSA) is 20.2 Å². The van der Waals surface area contributed by atoms with Crippen LogP contribution in [0.2, 0.25) is 0 Å². The molecular formula is C10H18O. The van der Waals surface area contributed by atoms with Crippen LogP contribution in [0.4, 0.5) is 0 Å². The first-order valence-corrected chi connectivity index (χ1v) is 5.02. The molecule has 64 valence electrons. The molecule has 2 aliphatic carbocycles. The summed E-state index contributed by atoms with van der Waals surface area (Å²) >= 11 is 0. The van der Waals surface area contributed by atoms with Gasteiger partial charge in [-0.25, -0.2) is 0 Å². The first-order valence-electron chi connectivity index (χ1n) is 5.02. The van der Waals surface area contributed by atoms with E-state index in [1.807, 2.05) is 0 Å². The van der Waals surface area contributed by atoms with E-state index in [0.717, 1.165) is 11.8 Å². The average molecular weight is 154 g/mol. The van der Waals surface area contributed by atoms with Crippen LogP contribution in [-0.2, 0) is 0 Å². The molecule has 3 atom stereocenters. The molecule has 1 nitrogen and oxygen atoms in total. The molecule has 0 heterocycles. The maximum absolute atomic E-state index is 9.02. The predicted molar refractivity (Wildman–Crippen MR) is 45.3 cm³/mol. The molecule has 0 aromatic rings. The predicted octanol–water partition coefficient (Wildman–Crippen LogP) is 2.20. The lowest BCUT2D eigenvalue weighted by molar-refractivity contribution is 0.0181. The summed E-state index contributed by atoms with van der Waals surface area (Å²) in [7, 11) is 0. The Morgan fingerprint density at radius 3 is 2.73 bits per heavy atom. The summed E-state index contributed by atoms with van der Waals surface area (Å²) in [6.07, 6.45) is 8.46. The fourth-order valence-electron chi connectivity index (χ4n) is 2.90. The lowest BCUT2D eigenvalue weighted by Crippen LogP contribution is -2.37. The van der Waals surface area contributed by atoms with Gasteiger partial charge in [0, 0.05) is 6.61 Å². The molecule has 1 N–H and O–H groups in total. The van der Waals surface area contributed by atoms with Crippen molar-refractivity contribution in [1.29, 1.82) is 0 Å². The van der Waals surface area contributed by atoms with Crippen LogP contribution in [0.3, 0.4) is 0 Å². The Balaban J connectivity index is 1.90. The summed E-state index contributed by atoms with van der Waals surface area (Å²) in [5, 5.41) is 9.02. The second-order valence-corrected chi connectivity index (χ2v) is 4.24. The molecule has 0 spiro atoms. The highest BCUT2D eigenvalue weighted by atomic mass is 16.3. The van der Waals surface area contributed by atoms with E-state index < -0.39 is 0 Å². The van der Waals surface area contributed by atoms with E-state index in [0.29, 0.717) is 12.5 Å². The molecule has 0 saturated heterocycles. The van der Waals surface area contributed by atoms with Crippen LogP contribution < -0.4 is 0 Å². The quantitative estimate of drug-likeness (QED) is 0.614. The standard InChI is InChI=1S/C10H18O/c11-7-9-6-8-4-2-1-3-5-10(8)9/h8-11H,1-7H2/t8-,9-,10-/m1/s1. The van der Waals surface area contributed by atoms with Crippen LogP contribution in [-0.4, -0.2) is 11.7 Å². The molecule has 2 aliphatic rings. The molecule has 0 unspecified atom stereocenters. The fourth-order valence-corrected chi connectivity index (χ4v) is 2.90. The SMILES string of the molecule is OC[C@H]1C[C@H]2CCCCC[C@H]21. The fraction of sp³-hybridized carbons (Fsp3) is 1.00. The minimum atomic E-state index is 0.446. The third-order valence-electron chi connectivity index (χ3n) is 3.66. The maximum atomic E-state index is 9.02. The minimum absolute atomic E-state index is 0.446. The van der Waals surface area contributed by atoms with Gasteiger partial charge in [0.25, 0.3) is 0 Å². The Hall–Kier alpha value is -0.0400. The Labute approximate surface area is 68.8 Å². The van der Waals surface area contributed by atoms with Crippen molar-refractivity contribution in [3.63, 3.8) is 0 Å². The van der Waals surface area contributed by atoms with Crippen LogP contribution in [0.25, 0.3) is 0 Å². The first-order chi connectivity index (χ1) is 5.42. The van der Waals surface area contributed by atoms with Gasteiger partial charge in [-0.15, -0.1) is 0 Å². The highest BCUT2D eigenvalue weighted by Crippen LogP contribution is 2.47. The molecule has 1 heteroatoms. The number of fused-ring (bicyclic) bond motifs is 1. The normalized spacial score (nSPS) is 43.9. The van der Waals surface area contributed by atoms with Gasteiger partial charge >= 0.3 is 0 Å². The highest BCUT2D eigenvalue weighted by molar-refractivity contribution is 4.89. The Morgan fingerprint density at radius 2 is 1.91 bits per heavy atom. The van der Waals surface area contributed by atoms with Crippen LogP contribution in [0.1, 0.15) is 38.5 Å². The van der Waals surface area contributed by atoms with Crippen LogP contribution in [0.15, 0.2) is 0 Å². The minimum Gasteiger partial charge on any atom is -0.396 e. The van der Waals surface area contributed by atoms with E-state index in [9.17, 15) is 0 Å². The summed E-state index contributed by atoms with van der Waals surface area (Å²) in [5.74, 6) is 2.58. The third-order valence-corrected chi connectivity index (χ3v) is 3.66. The molecule has 0 aromatic heterocycles. The van der Waals surface area contributed by atoms with Gasteiger partial charge < -0.3 is 5.11 Å². The molecule has 0 radical (unpaired) electrons. The Kier molecular flexibility index (Phi) is 2.17. The van der Waals surface area contributed by atoms with E-state index in [-0.39, 0.29) is 0 Å². The Bertz CT molecular complexity index is 133. The number of hydrogen-bond acceptors (Lipinski definition) is 1. The van der Waals surface area contributed by atoms with E-state index in [4.69, 9.17) is 5.11 Å². The van der Waals surface area contributed by atoms with Gasteiger partial charge in [0.1, 0.15) is 0 Å². The molecule has 2 rings (SSSR count). The molecular weight excluding hydrogens is 136 g/mol. The summed E-state index contributed by atoms with van der Waals surface area (Å²) in [6, 6.07) is 0. The van der Waals surface area contributed by atoms with E-state index in [2.05, 4.69) is 0 Å². The molecule has 0 amide bonds. The summed E-state index contributed by atoms with van der Waals surface area (Å²) < 4.78 is 0. The van der Waals surface area contributed by atoms with Gasteiger partial charge in [-0.2, -0.15) is 0 Å². The van der Waals surface area contributed by atoms with Crippen molar-refractivity contribution in [3.05, 3.63) is 0 Å². The summed E-state index contributed by atoms with van der Waals surface area (Å²) in [5.41, 5.74) is 0. The van der Waals surface area contributed by atoms with Crippen LogP contribution in [0.5, 0.6) is 0 Å². The summed E-state index contributed by atoms with van der Waals surface area (Å²) in [4.78, 5) is 0. The number of aliphatic hydroxyl groups is 1. The lowest BCUT2D eigenvalue weighted by Gasteiger charge is -2.43. The van der Waals surface area contributed by atoms with Crippen molar-refractivity contribution in [3.8, 4) is 0 Å². The second-order valence-electron chi connectivity index (χ2n) is 4.24. The van der Waals surface area contributed by atoms with Crippen molar-refractivity contribution < 1.29 is 5.11 Å².